The summed E-state index contributed by atoms with van der Waals surface area (Å²) in [6.45, 7) is 1.79. The van der Waals surface area contributed by atoms with Gasteiger partial charge in [0.05, 0.1) is 13.0 Å². The molecule has 4 aromatic rings. The molecule has 7 rings (SSSR count). The van der Waals surface area contributed by atoms with Gasteiger partial charge in [0.1, 0.15) is 22.8 Å². The Balaban J connectivity index is 1.53. The number of amides is 1. The Morgan fingerprint density at radius 3 is 2.39 bits per heavy atom. The smallest absolute Gasteiger partial charge is 0.244 e. The standard InChI is InChI=1S/C35H28N2O4/c1-23(38)21-34-27(26-15-8-9-17-30(26)41-34)18-19-28(31(39)25-13-6-3-7-14-25)35(34)29-16-10-20-36-32(29)37(33(35)40)22-24-11-4-2-5-12-24/h2-18,20,28H,19,21-22H2,1H3/t28-,34-,35?/m1/s1. The van der Waals surface area contributed by atoms with Crippen molar-refractivity contribution in [2.45, 2.75) is 37.3 Å². The zero-order valence-corrected chi connectivity index (χ0v) is 22.6. The lowest BCUT2D eigenvalue weighted by Gasteiger charge is -2.50. The molecule has 1 amide bonds. The van der Waals surface area contributed by atoms with Gasteiger partial charge in [-0.3, -0.25) is 19.3 Å². The molecule has 0 saturated carbocycles. The van der Waals surface area contributed by atoms with Crippen molar-refractivity contribution in [2.75, 3.05) is 4.90 Å². The quantitative estimate of drug-likeness (QED) is 0.282. The highest BCUT2D eigenvalue weighted by Gasteiger charge is 2.74. The Bertz CT molecular complexity index is 1730. The fourth-order valence-corrected chi connectivity index (χ4v) is 7.21. The first kappa shape index (κ1) is 25.1. The van der Waals surface area contributed by atoms with Gasteiger partial charge in [-0.25, -0.2) is 4.98 Å². The molecule has 0 bridgehead atoms. The van der Waals surface area contributed by atoms with E-state index in [0.717, 1.165) is 16.7 Å². The van der Waals surface area contributed by atoms with Crippen LogP contribution in [0.15, 0.2) is 109 Å². The molecular formula is C35H28N2O4. The van der Waals surface area contributed by atoms with E-state index in [1.807, 2.05) is 84.9 Å². The second-order valence-corrected chi connectivity index (χ2v) is 11.0. The van der Waals surface area contributed by atoms with Crippen LogP contribution in [-0.4, -0.2) is 28.1 Å². The summed E-state index contributed by atoms with van der Waals surface area (Å²) in [5.74, 6) is -0.283. The van der Waals surface area contributed by atoms with Crippen LogP contribution in [0.3, 0.4) is 0 Å². The highest BCUT2D eigenvalue weighted by atomic mass is 16.5. The summed E-state index contributed by atoms with van der Waals surface area (Å²) in [5.41, 5.74) is 0.757. The summed E-state index contributed by atoms with van der Waals surface area (Å²) in [6, 6.07) is 30.1. The number of Topliss-reactive ketones (excluding diaryl/α,β-unsaturated/α-hetero) is 2. The topological polar surface area (TPSA) is 76.6 Å². The number of nitrogens with zero attached hydrogens (tertiary/aromatic N) is 2. The SMILES string of the molecule is CC(=O)C[C@@]12Oc3ccccc3C1=CC[C@H](C(=O)c1ccccc1)C21C(=O)N(Cc2ccccc2)c2ncccc21. The van der Waals surface area contributed by atoms with Crippen molar-refractivity contribution < 1.29 is 19.1 Å². The number of carbonyl (C=O) groups excluding carboxylic acids is 3. The van der Waals surface area contributed by atoms with Gasteiger partial charge in [-0.15, -0.1) is 0 Å². The molecule has 1 aliphatic carbocycles. The van der Waals surface area contributed by atoms with E-state index in [9.17, 15) is 9.59 Å². The number of fused-ring (bicyclic) bond motifs is 6. The third-order valence-corrected chi connectivity index (χ3v) is 8.72. The molecule has 1 aromatic heterocycles. The predicted molar refractivity (Wildman–Crippen MR) is 156 cm³/mol. The Hall–Kier alpha value is -4.84. The molecule has 0 N–H and O–H groups in total. The third kappa shape index (κ3) is 3.50. The van der Waals surface area contributed by atoms with E-state index >= 15 is 4.79 Å². The average Bonchev–Trinajstić information content (AvgIpc) is 3.45. The first-order valence-electron chi connectivity index (χ1n) is 13.9. The van der Waals surface area contributed by atoms with Crippen molar-refractivity contribution in [3.63, 3.8) is 0 Å². The number of anilines is 1. The van der Waals surface area contributed by atoms with E-state index in [2.05, 4.69) is 0 Å². The molecule has 202 valence electrons. The minimum Gasteiger partial charge on any atom is -0.480 e. The Labute approximate surface area is 238 Å². The molecule has 0 radical (unpaired) electrons. The molecule has 3 aromatic carbocycles. The summed E-state index contributed by atoms with van der Waals surface area (Å²) in [6.07, 6.45) is 3.93. The van der Waals surface area contributed by atoms with Gasteiger partial charge >= 0.3 is 0 Å². The zero-order valence-electron chi connectivity index (χ0n) is 22.6. The van der Waals surface area contributed by atoms with E-state index in [1.54, 1.807) is 29.3 Å². The molecule has 0 fully saturated rings. The molecule has 1 unspecified atom stereocenters. The van der Waals surface area contributed by atoms with E-state index in [-0.39, 0.29) is 30.4 Å². The van der Waals surface area contributed by atoms with Crippen molar-refractivity contribution in [3.05, 3.63) is 132 Å². The molecule has 1 spiro atoms. The van der Waals surface area contributed by atoms with Crippen molar-refractivity contribution in [2.24, 2.45) is 5.92 Å². The maximum Gasteiger partial charge on any atom is 0.244 e. The molecule has 3 heterocycles. The lowest BCUT2D eigenvalue weighted by atomic mass is 9.52. The lowest BCUT2D eigenvalue weighted by molar-refractivity contribution is -0.135. The second kappa shape index (κ2) is 9.37. The monoisotopic (exact) mass is 540 g/mol. The fourth-order valence-electron chi connectivity index (χ4n) is 7.21. The number of hydrogen-bond acceptors (Lipinski definition) is 5. The highest BCUT2D eigenvalue weighted by molar-refractivity contribution is 6.16. The van der Waals surface area contributed by atoms with E-state index in [0.29, 0.717) is 29.1 Å². The number of hydrogen-bond donors (Lipinski definition) is 0. The first-order valence-corrected chi connectivity index (χ1v) is 13.9. The molecule has 2 aliphatic heterocycles. The van der Waals surface area contributed by atoms with Gasteiger partial charge in [0.2, 0.25) is 5.91 Å². The van der Waals surface area contributed by atoms with Crippen molar-refractivity contribution in [3.8, 4) is 5.75 Å². The van der Waals surface area contributed by atoms with Crippen LogP contribution in [0.2, 0.25) is 0 Å². The lowest BCUT2D eigenvalue weighted by Crippen LogP contribution is -2.66. The molecular weight excluding hydrogens is 512 g/mol. The van der Waals surface area contributed by atoms with Crippen molar-refractivity contribution in [1.29, 1.82) is 0 Å². The van der Waals surface area contributed by atoms with E-state index in [4.69, 9.17) is 9.72 Å². The van der Waals surface area contributed by atoms with Crippen LogP contribution in [0.5, 0.6) is 5.75 Å². The Morgan fingerprint density at radius 1 is 0.927 bits per heavy atom. The molecule has 6 nitrogen and oxygen atoms in total. The van der Waals surface area contributed by atoms with Gasteiger partial charge in [-0.1, -0.05) is 91.0 Å². The fraction of sp³-hybridized carbons (Fsp3) is 0.200. The average molecular weight is 541 g/mol. The number of benzene rings is 3. The minimum atomic E-state index is -1.52. The number of allylic oxidation sites excluding steroid dienone is 1. The maximum absolute atomic E-state index is 15.3. The van der Waals surface area contributed by atoms with Crippen LogP contribution in [-0.2, 0) is 21.5 Å². The summed E-state index contributed by atoms with van der Waals surface area (Å²) >= 11 is 0. The van der Waals surface area contributed by atoms with Gasteiger partial charge in [0.15, 0.2) is 11.4 Å². The number of ether oxygens (including phenoxy) is 1. The summed E-state index contributed by atoms with van der Waals surface area (Å²) < 4.78 is 6.87. The number of para-hydroxylation sites is 1. The Morgan fingerprint density at radius 2 is 1.63 bits per heavy atom. The number of rotatable bonds is 6. The molecule has 6 heteroatoms. The van der Waals surface area contributed by atoms with E-state index < -0.39 is 16.9 Å². The molecule has 3 atom stereocenters. The van der Waals surface area contributed by atoms with Crippen LogP contribution in [0.4, 0.5) is 5.82 Å². The summed E-state index contributed by atoms with van der Waals surface area (Å²) in [5, 5.41) is 0. The van der Waals surface area contributed by atoms with Gasteiger partial charge < -0.3 is 4.74 Å². The molecule has 0 saturated heterocycles. The van der Waals surface area contributed by atoms with Crippen LogP contribution < -0.4 is 9.64 Å². The van der Waals surface area contributed by atoms with Gasteiger partial charge in [-0.2, -0.15) is 0 Å². The summed E-state index contributed by atoms with van der Waals surface area (Å²) in [7, 11) is 0. The molecule has 3 aliphatic rings. The minimum absolute atomic E-state index is 0.0642. The van der Waals surface area contributed by atoms with Crippen LogP contribution in [0.25, 0.3) is 5.57 Å². The number of carbonyl (C=O) groups is 3. The van der Waals surface area contributed by atoms with Crippen LogP contribution in [0, 0.1) is 5.92 Å². The molecule has 41 heavy (non-hydrogen) atoms. The summed E-state index contributed by atoms with van der Waals surface area (Å²) in [4.78, 5) is 49.3. The van der Waals surface area contributed by atoms with Crippen molar-refractivity contribution >= 4 is 28.9 Å². The number of ketones is 2. The number of aromatic nitrogens is 1. The highest BCUT2D eigenvalue weighted by Crippen LogP contribution is 2.65. The van der Waals surface area contributed by atoms with Crippen molar-refractivity contribution in [1.82, 2.24) is 4.98 Å². The van der Waals surface area contributed by atoms with Crippen LogP contribution in [0.1, 0.15) is 46.8 Å². The first-order chi connectivity index (χ1) is 20.0. The Kier molecular flexibility index (Phi) is 5.75. The van der Waals surface area contributed by atoms with Gasteiger partial charge in [-0.05, 0) is 31.0 Å². The predicted octanol–water partition coefficient (Wildman–Crippen LogP) is 5.96. The largest absolute Gasteiger partial charge is 0.480 e. The zero-order chi connectivity index (χ0) is 28.2. The number of pyridine rings is 1. The van der Waals surface area contributed by atoms with Crippen LogP contribution >= 0.6 is 0 Å². The second-order valence-electron chi connectivity index (χ2n) is 11.0. The van der Waals surface area contributed by atoms with E-state index in [1.165, 1.54) is 6.92 Å². The van der Waals surface area contributed by atoms with Gasteiger partial charge in [0.25, 0.3) is 0 Å². The normalized spacial score (nSPS) is 23.8. The third-order valence-electron chi connectivity index (χ3n) is 8.72. The maximum atomic E-state index is 15.3. The van der Waals surface area contributed by atoms with Gasteiger partial charge in [0, 0.05) is 34.4 Å².